The van der Waals surface area contributed by atoms with Crippen LogP contribution in [0.1, 0.15) is 48.4 Å². The molecule has 0 radical (unpaired) electrons. The number of likely N-dealkylation sites (tertiary alicyclic amines) is 1. The standard InChI is InChI=1S/C26H27N3O6/c30-22-12-11-19(24(31)27-22)28-14-17-8-4-10-21(18(17)15-28)35-26(34)23(16-6-2-1-3-7-16)29-13-5-9-20(29)25(32)33/h1-4,6-8,10,19-20,23H,5,9,11-15H2,(H,32,33)(H,27,30,31). The number of nitrogens with zero attached hydrogens (tertiary/aromatic N) is 2. The number of esters is 1. The monoisotopic (exact) mass is 477 g/mol. The average molecular weight is 478 g/mol. The van der Waals surface area contributed by atoms with E-state index in [0.29, 0.717) is 56.6 Å². The quantitative estimate of drug-likeness (QED) is 0.369. The molecule has 0 spiro atoms. The Labute approximate surface area is 202 Å². The second-order valence-corrected chi connectivity index (χ2v) is 9.23. The van der Waals surface area contributed by atoms with Crippen LogP contribution in [0.25, 0.3) is 0 Å². The van der Waals surface area contributed by atoms with Gasteiger partial charge in [0.15, 0.2) is 0 Å². The van der Waals surface area contributed by atoms with Gasteiger partial charge in [0.2, 0.25) is 11.8 Å². The number of ether oxygens (including phenoxy) is 1. The predicted octanol–water partition coefficient (Wildman–Crippen LogP) is 2.00. The second kappa shape index (κ2) is 9.59. The van der Waals surface area contributed by atoms with E-state index in [1.165, 1.54) is 0 Å². The zero-order valence-corrected chi connectivity index (χ0v) is 19.2. The predicted molar refractivity (Wildman–Crippen MR) is 124 cm³/mol. The number of hydrogen-bond acceptors (Lipinski definition) is 7. The summed E-state index contributed by atoms with van der Waals surface area (Å²) < 4.78 is 5.94. The van der Waals surface area contributed by atoms with Gasteiger partial charge in [-0.05, 0) is 36.5 Å². The molecule has 9 heteroatoms. The van der Waals surface area contributed by atoms with Gasteiger partial charge in [-0.25, -0.2) is 4.79 Å². The van der Waals surface area contributed by atoms with Gasteiger partial charge in [0, 0.05) is 31.6 Å². The van der Waals surface area contributed by atoms with Crippen LogP contribution in [-0.2, 0) is 32.3 Å². The van der Waals surface area contributed by atoms with Crippen LogP contribution in [0.5, 0.6) is 5.75 Å². The van der Waals surface area contributed by atoms with Gasteiger partial charge >= 0.3 is 11.9 Å². The highest BCUT2D eigenvalue weighted by molar-refractivity contribution is 6.00. The topological polar surface area (TPSA) is 116 Å². The van der Waals surface area contributed by atoms with E-state index in [0.717, 1.165) is 11.1 Å². The fourth-order valence-electron chi connectivity index (χ4n) is 5.39. The van der Waals surface area contributed by atoms with E-state index in [-0.39, 0.29) is 11.8 Å². The maximum absolute atomic E-state index is 13.6. The van der Waals surface area contributed by atoms with Crippen molar-refractivity contribution >= 4 is 23.8 Å². The maximum atomic E-state index is 13.6. The lowest BCUT2D eigenvalue weighted by Crippen LogP contribution is -2.50. The van der Waals surface area contributed by atoms with Crippen molar-refractivity contribution < 1.29 is 29.0 Å². The molecule has 5 rings (SSSR count). The first-order valence-electron chi connectivity index (χ1n) is 11.9. The number of carboxylic acids is 1. The van der Waals surface area contributed by atoms with Crippen LogP contribution >= 0.6 is 0 Å². The number of imide groups is 1. The molecule has 2 N–H and O–H groups in total. The SMILES string of the molecule is O=C1CCC(N2Cc3cccc(OC(=O)C(c4ccccc4)N4CCCC4C(=O)O)c3C2)C(=O)N1. The third-order valence-electron chi connectivity index (χ3n) is 7.08. The first-order chi connectivity index (χ1) is 16.9. The zero-order valence-electron chi connectivity index (χ0n) is 19.2. The Balaban J connectivity index is 1.39. The van der Waals surface area contributed by atoms with Crippen LogP contribution in [0.4, 0.5) is 0 Å². The van der Waals surface area contributed by atoms with Crippen molar-refractivity contribution in [1.82, 2.24) is 15.1 Å². The number of hydrogen-bond donors (Lipinski definition) is 2. The van der Waals surface area contributed by atoms with E-state index in [1.54, 1.807) is 11.0 Å². The molecule has 3 heterocycles. The number of carbonyl (C=O) groups excluding carboxylic acids is 3. The van der Waals surface area contributed by atoms with Crippen molar-refractivity contribution in [2.45, 2.75) is 56.9 Å². The van der Waals surface area contributed by atoms with Crippen LogP contribution in [-0.4, -0.2) is 57.3 Å². The van der Waals surface area contributed by atoms with Crippen LogP contribution in [0, 0.1) is 0 Å². The van der Waals surface area contributed by atoms with Crippen molar-refractivity contribution in [2.24, 2.45) is 0 Å². The van der Waals surface area contributed by atoms with Crippen LogP contribution in [0.15, 0.2) is 48.5 Å². The molecule has 2 aromatic rings. The van der Waals surface area contributed by atoms with Gasteiger partial charge in [0.25, 0.3) is 0 Å². The number of nitrogens with one attached hydrogen (secondary N) is 1. The molecular weight excluding hydrogens is 450 g/mol. The maximum Gasteiger partial charge on any atom is 0.333 e. The Morgan fingerprint density at radius 3 is 2.57 bits per heavy atom. The Hall–Kier alpha value is -3.56. The number of carbonyl (C=O) groups is 4. The summed E-state index contributed by atoms with van der Waals surface area (Å²) in [6, 6.07) is 12.6. The molecule has 0 aliphatic carbocycles. The summed E-state index contributed by atoms with van der Waals surface area (Å²) in [7, 11) is 0. The highest BCUT2D eigenvalue weighted by Gasteiger charge is 2.41. The molecule has 35 heavy (non-hydrogen) atoms. The van der Waals surface area contributed by atoms with Crippen molar-refractivity contribution in [2.75, 3.05) is 6.54 Å². The van der Waals surface area contributed by atoms with Crippen molar-refractivity contribution in [3.8, 4) is 5.75 Å². The van der Waals surface area contributed by atoms with E-state index in [9.17, 15) is 24.3 Å². The van der Waals surface area contributed by atoms with E-state index in [4.69, 9.17) is 4.74 Å². The summed E-state index contributed by atoms with van der Waals surface area (Å²) in [5.74, 6) is -1.63. The third kappa shape index (κ3) is 4.56. The average Bonchev–Trinajstić information content (AvgIpc) is 3.48. The van der Waals surface area contributed by atoms with Gasteiger partial charge in [-0.15, -0.1) is 0 Å². The summed E-state index contributed by atoms with van der Waals surface area (Å²) in [4.78, 5) is 53.0. The number of carboxylic acid groups (broad SMARTS) is 1. The minimum atomic E-state index is -0.947. The molecule has 9 nitrogen and oxygen atoms in total. The molecule has 3 aliphatic rings. The lowest BCUT2D eigenvalue weighted by atomic mass is 10.0. The molecule has 3 unspecified atom stereocenters. The summed E-state index contributed by atoms with van der Waals surface area (Å²) in [5.41, 5.74) is 2.47. The molecular formula is C26H27N3O6. The third-order valence-corrected chi connectivity index (χ3v) is 7.08. The highest BCUT2D eigenvalue weighted by atomic mass is 16.5. The molecule has 2 aromatic carbocycles. The van der Waals surface area contributed by atoms with Crippen molar-refractivity contribution in [1.29, 1.82) is 0 Å². The fraction of sp³-hybridized carbons (Fsp3) is 0.385. The summed E-state index contributed by atoms with van der Waals surface area (Å²) in [5, 5.41) is 12.1. The number of piperidine rings is 1. The number of aliphatic carboxylic acids is 1. The molecule has 3 aliphatic heterocycles. The number of fused-ring (bicyclic) bond motifs is 1. The largest absolute Gasteiger partial charge is 0.480 e. The van der Waals surface area contributed by atoms with Gasteiger partial charge in [-0.2, -0.15) is 0 Å². The van der Waals surface area contributed by atoms with Crippen LogP contribution in [0.2, 0.25) is 0 Å². The molecule has 3 atom stereocenters. The molecule has 2 saturated heterocycles. The van der Waals surface area contributed by atoms with Crippen LogP contribution in [0.3, 0.4) is 0 Å². The number of benzene rings is 2. The smallest absolute Gasteiger partial charge is 0.333 e. The normalized spacial score (nSPS) is 23.5. The minimum absolute atomic E-state index is 0.258. The highest BCUT2D eigenvalue weighted by Crippen LogP contribution is 2.36. The van der Waals surface area contributed by atoms with Gasteiger partial charge in [-0.3, -0.25) is 29.5 Å². The lowest BCUT2D eigenvalue weighted by Gasteiger charge is -2.30. The molecule has 2 fully saturated rings. The molecule has 2 amide bonds. The lowest BCUT2D eigenvalue weighted by molar-refractivity contribution is -0.148. The fourth-order valence-corrected chi connectivity index (χ4v) is 5.39. The first-order valence-corrected chi connectivity index (χ1v) is 11.9. The van der Waals surface area contributed by atoms with E-state index >= 15 is 0 Å². The summed E-state index contributed by atoms with van der Waals surface area (Å²) >= 11 is 0. The van der Waals surface area contributed by atoms with E-state index < -0.39 is 30.1 Å². The van der Waals surface area contributed by atoms with Gasteiger partial charge in [0.1, 0.15) is 17.8 Å². The van der Waals surface area contributed by atoms with Gasteiger partial charge in [0.05, 0.1) is 6.04 Å². The van der Waals surface area contributed by atoms with Gasteiger partial charge < -0.3 is 9.84 Å². The zero-order chi connectivity index (χ0) is 24.5. The second-order valence-electron chi connectivity index (χ2n) is 9.23. The molecule has 182 valence electrons. The summed E-state index contributed by atoms with van der Waals surface area (Å²) in [6.45, 7) is 1.42. The van der Waals surface area contributed by atoms with Crippen LogP contribution < -0.4 is 10.1 Å². The van der Waals surface area contributed by atoms with E-state index in [1.807, 2.05) is 47.4 Å². The Bertz CT molecular complexity index is 1170. The Morgan fingerprint density at radius 1 is 1.03 bits per heavy atom. The number of amides is 2. The Kier molecular flexibility index (Phi) is 6.36. The molecule has 0 saturated carbocycles. The first kappa shape index (κ1) is 23.2. The van der Waals surface area contributed by atoms with Crippen molar-refractivity contribution in [3.63, 3.8) is 0 Å². The van der Waals surface area contributed by atoms with Gasteiger partial charge in [-0.1, -0.05) is 42.5 Å². The minimum Gasteiger partial charge on any atom is -0.480 e. The van der Waals surface area contributed by atoms with Crippen molar-refractivity contribution in [3.05, 3.63) is 65.2 Å². The van der Waals surface area contributed by atoms with E-state index in [2.05, 4.69) is 5.32 Å². The molecule has 0 aromatic heterocycles. The summed E-state index contributed by atoms with van der Waals surface area (Å²) in [6.07, 6.45) is 1.92. The molecule has 0 bridgehead atoms. The number of rotatable bonds is 6. The Morgan fingerprint density at radius 2 is 1.83 bits per heavy atom.